The van der Waals surface area contributed by atoms with Gasteiger partial charge in [-0.1, -0.05) is 18.2 Å². The molecule has 2 N–H and O–H groups in total. The molecule has 28 heavy (non-hydrogen) atoms. The number of piperidine rings is 1. The molecule has 1 saturated heterocycles. The van der Waals surface area contributed by atoms with Gasteiger partial charge in [0.1, 0.15) is 4.21 Å². The molecule has 3 rings (SSSR count). The van der Waals surface area contributed by atoms with Gasteiger partial charge in [0.15, 0.2) is 0 Å². The van der Waals surface area contributed by atoms with Crippen molar-refractivity contribution in [2.24, 2.45) is 0 Å². The second-order valence-corrected chi connectivity index (χ2v) is 9.53. The SMILES string of the molecule is O=C(CNS(=O)(=O)c1cccs1)NCc1cccc(C(=O)N2CCCCC2)c1. The van der Waals surface area contributed by atoms with E-state index in [1.54, 1.807) is 29.6 Å². The summed E-state index contributed by atoms with van der Waals surface area (Å²) in [4.78, 5) is 26.4. The average molecular weight is 422 g/mol. The van der Waals surface area contributed by atoms with Crippen molar-refractivity contribution in [2.45, 2.75) is 30.0 Å². The molecule has 0 radical (unpaired) electrons. The van der Waals surface area contributed by atoms with E-state index in [0.717, 1.165) is 49.3 Å². The van der Waals surface area contributed by atoms with Gasteiger partial charge in [0.25, 0.3) is 15.9 Å². The Balaban J connectivity index is 1.51. The van der Waals surface area contributed by atoms with Crippen LogP contribution in [-0.4, -0.2) is 44.8 Å². The molecular weight excluding hydrogens is 398 g/mol. The lowest BCUT2D eigenvalue weighted by Crippen LogP contribution is -2.36. The highest BCUT2D eigenvalue weighted by Gasteiger charge is 2.19. The monoisotopic (exact) mass is 421 g/mol. The zero-order valence-electron chi connectivity index (χ0n) is 15.4. The van der Waals surface area contributed by atoms with Gasteiger partial charge >= 0.3 is 0 Å². The van der Waals surface area contributed by atoms with Crippen LogP contribution >= 0.6 is 11.3 Å². The van der Waals surface area contributed by atoms with E-state index in [-0.39, 0.29) is 23.2 Å². The molecule has 1 aromatic carbocycles. The van der Waals surface area contributed by atoms with Crippen LogP contribution < -0.4 is 10.0 Å². The molecule has 0 aliphatic carbocycles. The van der Waals surface area contributed by atoms with Gasteiger partial charge in [0.05, 0.1) is 6.54 Å². The number of sulfonamides is 1. The molecule has 0 atom stereocenters. The second-order valence-electron chi connectivity index (χ2n) is 6.59. The van der Waals surface area contributed by atoms with E-state index in [0.29, 0.717) is 5.56 Å². The van der Waals surface area contributed by atoms with Crippen molar-refractivity contribution >= 4 is 33.2 Å². The Kier molecular flexibility index (Phi) is 6.82. The van der Waals surface area contributed by atoms with E-state index in [9.17, 15) is 18.0 Å². The van der Waals surface area contributed by atoms with Gasteiger partial charge in [-0.05, 0) is 48.4 Å². The Bertz CT molecular complexity index is 920. The fourth-order valence-electron chi connectivity index (χ4n) is 3.01. The number of thiophene rings is 1. The molecule has 150 valence electrons. The number of hydrogen-bond donors (Lipinski definition) is 2. The summed E-state index contributed by atoms with van der Waals surface area (Å²) in [6.45, 7) is 1.45. The summed E-state index contributed by atoms with van der Waals surface area (Å²) in [5, 5.41) is 4.33. The van der Waals surface area contributed by atoms with Gasteiger partial charge in [-0.25, -0.2) is 13.1 Å². The first-order valence-corrected chi connectivity index (χ1v) is 11.5. The minimum Gasteiger partial charge on any atom is -0.351 e. The number of amides is 2. The first-order valence-electron chi connectivity index (χ1n) is 9.14. The van der Waals surface area contributed by atoms with Crippen molar-refractivity contribution in [1.82, 2.24) is 14.9 Å². The van der Waals surface area contributed by atoms with Crippen molar-refractivity contribution in [1.29, 1.82) is 0 Å². The van der Waals surface area contributed by atoms with Crippen LogP contribution in [-0.2, 0) is 21.4 Å². The Hall–Kier alpha value is -2.23. The number of carbonyl (C=O) groups excluding carboxylic acids is 2. The maximum atomic E-state index is 12.6. The highest BCUT2D eigenvalue weighted by molar-refractivity contribution is 7.91. The number of hydrogen-bond acceptors (Lipinski definition) is 5. The second kappa shape index (κ2) is 9.31. The highest BCUT2D eigenvalue weighted by atomic mass is 32.2. The maximum absolute atomic E-state index is 12.6. The standard InChI is InChI=1S/C19H23N3O4S2/c23-17(14-21-28(25,26)18-8-5-11-27-18)20-13-15-6-4-7-16(12-15)19(24)22-9-2-1-3-10-22/h4-8,11-12,21H,1-3,9-10,13-14H2,(H,20,23). The van der Waals surface area contributed by atoms with Gasteiger partial charge in [-0.2, -0.15) is 0 Å². The van der Waals surface area contributed by atoms with Crippen molar-refractivity contribution < 1.29 is 18.0 Å². The van der Waals surface area contributed by atoms with E-state index in [1.165, 1.54) is 6.07 Å². The molecule has 9 heteroatoms. The maximum Gasteiger partial charge on any atom is 0.253 e. The predicted molar refractivity (Wildman–Crippen MR) is 108 cm³/mol. The predicted octanol–water partition coefficient (Wildman–Crippen LogP) is 1.97. The minimum atomic E-state index is -3.67. The number of benzene rings is 1. The van der Waals surface area contributed by atoms with Crippen LogP contribution in [0.4, 0.5) is 0 Å². The molecule has 7 nitrogen and oxygen atoms in total. The van der Waals surface area contributed by atoms with Crippen LogP contribution in [0.3, 0.4) is 0 Å². The number of rotatable bonds is 7. The Labute approximate surface area is 168 Å². The van der Waals surface area contributed by atoms with Crippen LogP contribution in [0.1, 0.15) is 35.2 Å². The van der Waals surface area contributed by atoms with Gasteiger partial charge in [0, 0.05) is 25.2 Å². The summed E-state index contributed by atoms with van der Waals surface area (Å²) in [5.74, 6) is -0.426. The molecule has 2 aromatic rings. The smallest absolute Gasteiger partial charge is 0.253 e. The third kappa shape index (κ3) is 5.40. The van der Waals surface area contributed by atoms with Crippen LogP contribution in [0, 0.1) is 0 Å². The molecule has 0 bridgehead atoms. The summed E-state index contributed by atoms with van der Waals surface area (Å²) < 4.78 is 26.5. The van der Waals surface area contributed by atoms with Crippen molar-refractivity contribution in [2.75, 3.05) is 19.6 Å². The topological polar surface area (TPSA) is 95.6 Å². The Morgan fingerprint density at radius 1 is 1.07 bits per heavy atom. The van der Waals surface area contributed by atoms with Crippen LogP contribution in [0.2, 0.25) is 0 Å². The zero-order valence-corrected chi connectivity index (χ0v) is 17.0. The zero-order chi connectivity index (χ0) is 20.0. The molecular formula is C19H23N3O4S2. The molecule has 1 aliphatic heterocycles. The lowest BCUT2D eigenvalue weighted by Gasteiger charge is -2.26. The Morgan fingerprint density at radius 3 is 2.57 bits per heavy atom. The fourth-order valence-corrected chi connectivity index (χ4v) is 5.02. The molecule has 0 unspecified atom stereocenters. The normalized spacial score (nSPS) is 14.6. The van der Waals surface area contributed by atoms with Gasteiger partial charge in [-0.3, -0.25) is 9.59 Å². The first-order chi connectivity index (χ1) is 13.5. The van der Waals surface area contributed by atoms with Crippen molar-refractivity contribution in [3.8, 4) is 0 Å². The van der Waals surface area contributed by atoms with E-state index in [4.69, 9.17) is 0 Å². The largest absolute Gasteiger partial charge is 0.351 e. The van der Waals surface area contributed by atoms with Crippen LogP contribution in [0.15, 0.2) is 46.0 Å². The highest BCUT2D eigenvalue weighted by Crippen LogP contribution is 2.15. The van der Waals surface area contributed by atoms with Gasteiger partial charge < -0.3 is 10.2 Å². The van der Waals surface area contributed by atoms with E-state index in [2.05, 4.69) is 10.0 Å². The Morgan fingerprint density at radius 2 is 1.86 bits per heavy atom. The lowest BCUT2D eigenvalue weighted by molar-refractivity contribution is -0.120. The van der Waals surface area contributed by atoms with Gasteiger partial charge in [-0.15, -0.1) is 11.3 Å². The fraction of sp³-hybridized carbons (Fsp3) is 0.368. The number of nitrogens with one attached hydrogen (secondary N) is 2. The third-order valence-electron chi connectivity index (χ3n) is 4.49. The van der Waals surface area contributed by atoms with Crippen LogP contribution in [0.25, 0.3) is 0 Å². The molecule has 1 aliphatic rings. The molecule has 2 heterocycles. The quantitative estimate of drug-likeness (QED) is 0.714. The summed E-state index contributed by atoms with van der Waals surface area (Å²) in [6, 6.07) is 10.3. The molecule has 2 amide bonds. The van der Waals surface area contributed by atoms with Crippen molar-refractivity contribution in [3.05, 3.63) is 52.9 Å². The number of likely N-dealkylation sites (tertiary alicyclic amines) is 1. The van der Waals surface area contributed by atoms with Gasteiger partial charge in [0.2, 0.25) is 5.91 Å². The average Bonchev–Trinajstić information content (AvgIpc) is 3.27. The summed E-state index contributed by atoms with van der Waals surface area (Å²) in [7, 11) is -3.67. The molecule has 1 fully saturated rings. The summed E-state index contributed by atoms with van der Waals surface area (Å²) >= 11 is 1.09. The van der Waals surface area contributed by atoms with E-state index < -0.39 is 15.9 Å². The summed E-state index contributed by atoms with van der Waals surface area (Å²) in [6.07, 6.45) is 3.22. The minimum absolute atomic E-state index is 0.0107. The third-order valence-corrected chi connectivity index (χ3v) is 7.29. The van der Waals surface area contributed by atoms with E-state index in [1.807, 2.05) is 11.0 Å². The first kappa shape index (κ1) is 20.5. The number of nitrogens with zero attached hydrogens (tertiary/aromatic N) is 1. The molecule has 0 saturated carbocycles. The van der Waals surface area contributed by atoms with Crippen molar-refractivity contribution in [3.63, 3.8) is 0 Å². The number of carbonyl (C=O) groups is 2. The lowest BCUT2D eigenvalue weighted by atomic mass is 10.1. The van der Waals surface area contributed by atoms with Crippen LogP contribution in [0.5, 0.6) is 0 Å². The molecule has 0 spiro atoms. The summed E-state index contributed by atoms with van der Waals surface area (Å²) in [5.41, 5.74) is 1.39. The van der Waals surface area contributed by atoms with E-state index >= 15 is 0 Å². The molecule has 1 aromatic heterocycles.